The van der Waals surface area contributed by atoms with Crippen LogP contribution in [0, 0.1) is 0 Å². The second kappa shape index (κ2) is 5.45. The topological polar surface area (TPSA) is 6.48 Å². The molecule has 0 aliphatic heterocycles. The van der Waals surface area contributed by atoms with Gasteiger partial charge < -0.3 is 9.80 Å². The molecule has 1 rings (SSSR count). The van der Waals surface area contributed by atoms with E-state index in [0.29, 0.717) is 6.54 Å². The zero-order valence-corrected chi connectivity index (χ0v) is 12.1. The third-order valence-electron chi connectivity index (χ3n) is 3.62. The van der Waals surface area contributed by atoms with Crippen LogP contribution in [0.1, 0.15) is 19.3 Å². The van der Waals surface area contributed by atoms with Gasteiger partial charge in [-0.15, -0.1) is 0 Å². The first kappa shape index (κ1) is 15.2. The Hall–Kier alpha value is 0.190. The highest BCUT2D eigenvalue weighted by Gasteiger charge is 2.42. The summed E-state index contributed by atoms with van der Waals surface area (Å²) >= 11 is 2.70. The average Bonchev–Trinajstić information content (AvgIpc) is 2.08. The van der Waals surface area contributed by atoms with Crippen LogP contribution in [0.3, 0.4) is 0 Å². The third kappa shape index (κ3) is 3.83. The molecule has 1 aliphatic rings. The lowest BCUT2D eigenvalue weighted by molar-refractivity contribution is -0.131. The van der Waals surface area contributed by atoms with Crippen molar-refractivity contribution in [2.45, 2.75) is 35.8 Å². The fraction of sp³-hybridized carbons (Fsp3) is 1.00. The molecule has 1 aliphatic carbocycles. The molecule has 102 valence electrons. The SMILES string of the molecule is CN(CC(Br)C(F)(F)F)CC1(N(C)C)CCC1. The zero-order valence-electron chi connectivity index (χ0n) is 10.5. The summed E-state index contributed by atoms with van der Waals surface area (Å²) in [4.78, 5) is 2.47. The molecule has 0 aromatic carbocycles. The van der Waals surface area contributed by atoms with Crippen LogP contribution < -0.4 is 0 Å². The van der Waals surface area contributed by atoms with E-state index in [0.717, 1.165) is 12.8 Å². The predicted octanol–water partition coefficient (Wildman–Crippen LogP) is 2.73. The van der Waals surface area contributed by atoms with Crippen LogP contribution >= 0.6 is 15.9 Å². The third-order valence-corrected chi connectivity index (χ3v) is 4.43. The van der Waals surface area contributed by atoms with Crippen molar-refractivity contribution in [1.29, 1.82) is 0 Å². The Morgan fingerprint density at radius 2 is 1.76 bits per heavy atom. The van der Waals surface area contributed by atoms with E-state index >= 15 is 0 Å². The first-order valence-electron chi connectivity index (χ1n) is 5.74. The molecule has 0 spiro atoms. The molecule has 0 bridgehead atoms. The minimum Gasteiger partial charge on any atom is -0.303 e. The molecule has 0 radical (unpaired) electrons. The lowest BCUT2D eigenvalue weighted by atomic mass is 9.75. The summed E-state index contributed by atoms with van der Waals surface area (Å²) in [5, 5.41) is 0. The first-order chi connectivity index (χ1) is 7.67. The van der Waals surface area contributed by atoms with E-state index in [9.17, 15) is 13.2 Å². The Morgan fingerprint density at radius 1 is 1.24 bits per heavy atom. The van der Waals surface area contributed by atoms with E-state index in [1.54, 1.807) is 11.9 Å². The van der Waals surface area contributed by atoms with Crippen molar-refractivity contribution in [2.24, 2.45) is 0 Å². The molecule has 1 unspecified atom stereocenters. The minimum atomic E-state index is -4.17. The first-order valence-corrected chi connectivity index (χ1v) is 6.66. The predicted molar refractivity (Wildman–Crippen MR) is 66.5 cm³/mol. The van der Waals surface area contributed by atoms with Gasteiger partial charge in [-0.2, -0.15) is 13.2 Å². The number of halogens is 4. The van der Waals surface area contributed by atoms with Gasteiger partial charge in [0, 0.05) is 18.6 Å². The van der Waals surface area contributed by atoms with E-state index in [-0.39, 0.29) is 12.1 Å². The van der Waals surface area contributed by atoms with E-state index in [4.69, 9.17) is 0 Å². The summed E-state index contributed by atoms with van der Waals surface area (Å²) in [6.07, 6.45) is -0.852. The quantitative estimate of drug-likeness (QED) is 0.720. The van der Waals surface area contributed by atoms with Gasteiger partial charge in [0.25, 0.3) is 0 Å². The molecule has 0 heterocycles. The van der Waals surface area contributed by atoms with E-state index in [2.05, 4.69) is 20.8 Å². The van der Waals surface area contributed by atoms with Crippen molar-refractivity contribution < 1.29 is 13.2 Å². The van der Waals surface area contributed by atoms with Crippen molar-refractivity contribution in [3.63, 3.8) is 0 Å². The van der Waals surface area contributed by atoms with Crippen molar-refractivity contribution in [1.82, 2.24) is 9.80 Å². The van der Waals surface area contributed by atoms with Crippen LogP contribution in [0.25, 0.3) is 0 Å². The highest BCUT2D eigenvalue weighted by molar-refractivity contribution is 9.09. The maximum atomic E-state index is 12.4. The molecule has 17 heavy (non-hydrogen) atoms. The van der Waals surface area contributed by atoms with Crippen LogP contribution in [0.4, 0.5) is 13.2 Å². The molecule has 0 N–H and O–H groups in total. The van der Waals surface area contributed by atoms with Gasteiger partial charge in [0.05, 0.1) is 0 Å². The largest absolute Gasteiger partial charge is 0.402 e. The van der Waals surface area contributed by atoms with Crippen LogP contribution in [-0.2, 0) is 0 Å². The monoisotopic (exact) mass is 316 g/mol. The van der Waals surface area contributed by atoms with Crippen molar-refractivity contribution in [2.75, 3.05) is 34.2 Å². The van der Waals surface area contributed by atoms with Gasteiger partial charge in [-0.05, 0) is 40.4 Å². The Labute approximate surface area is 109 Å². The van der Waals surface area contributed by atoms with Crippen molar-refractivity contribution in [3.05, 3.63) is 0 Å². The smallest absolute Gasteiger partial charge is 0.303 e. The normalized spacial score (nSPS) is 21.7. The summed E-state index contributed by atoms with van der Waals surface area (Å²) in [5.74, 6) is 0. The highest BCUT2D eigenvalue weighted by atomic mass is 79.9. The number of nitrogens with zero attached hydrogens (tertiary/aromatic N) is 2. The van der Waals surface area contributed by atoms with Crippen LogP contribution in [0.2, 0.25) is 0 Å². The molecule has 0 amide bonds. The number of hydrogen-bond acceptors (Lipinski definition) is 2. The molecule has 0 aromatic rings. The summed E-state index contributed by atoms with van der Waals surface area (Å²) < 4.78 is 37.2. The van der Waals surface area contributed by atoms with Gasteiger partial charge in [-0.1, -0.05) is 15.9 Å². The summed E-state index contributed by atoms with van der Waals surface area (Å²) in [5.41, 5.74) is 0.0765. The van der Waals surface area contributed by atoms with Crippen LogP contribution in [-0.4, -0.2) is 60.6 Å². The Morgan fingerprint density at radius 3 is 2.06 bits per heavy atom. The molecule has 0 aromatic heterocycles. The molecule has 1 saturated carbocycles. The molecule has 1 atom stereocenters. The van der Waals surface area contributed by atoms with E-state index in [1.165, 1.54) is 6.42 Å². The summed E-state index contributed by atoms with van der Waals surface area (Å²) in [6, 6.07) is 0. The lowest BCUT2D eigenvalue weighted by Gasteiger charge is -2.49. The van der Waals surface area contributed by atoms with Crippen LogP contribution in [0.5, 0.6) is 0 Å². The molecule has 2 nitrogen and oxygen atoms in total. The van der Waals surface area contributed by atoms with E-state index in [1.807, 2.05) is 14.1 Å². The molecule has 1 fully saturated rings. The Bertz CT molecular complexity index is 252. The maximum absolute atomic E-state index is 12.4. The fourth-order valence-corrected chi connectivity index (χ4v) is 2.77. The number of hydrogen-bond donors (Lipinski definition) is 0. The molecular formula is C11H20BrF3N2. The van der Waals surface area contributed by atoms with Crippen LogP contribution in [0.15, 0.2) is 0 Å². The number of rotatable bonds is 5. The van der Waals surface area contributed by atoms with Gasteiger partial charge >= 0.3 is 6.18 Å². The van der Waals surface area contributed by atoms with Gasteiger partial charge in [-0.25, -0.2) is 0 Å². The number of likely N-dealkylation sites (N-methyl/N-ethyl adjacent to an activating group) is 2. The second-order valence-electron chi connectivity index (χ2n) is 5.18. The fourth-order valence-electron chi connectivity index (χ4n) is 2.28. The molecular weight excluding hydrogens is 297 g/mol. The van der Waals surface area contributed by atoms with Crippen molar-refractivity contribution in [3.8, 4) is 0 Å². The maximum Gasteiger partial charge on any atom is 0.402 e. The Kier molecular flexibility index (Phi) is 4.88. The highest BCUT2D eigenvalue weighted by Crippen LogP contribution is 2.37. The molecule has 0 saturated heterocycles. The summed E-state index contributed by atoms with van der Waals surface area (Å²) in [6.45, 7) is 0.692. The second-order valence-corrected chi connectivity index (χ2v) is 6.28. The van der Waals surface area contributed by atoms with Gasteiger partial charge in [0.15, 0.2) is 0 Å². The zero-order chi connectivity index (χ0) is 13.3. The van der Waals surface area contributed by atoms with Gasteiger partial charge in [0.1, 0.15) is 4.83 Å². The minimum absolute atomic E-state index is 0.000903. The standard InChI is InChI=1S/C11H20BrF3N2/c1-16(2)10(5-4-6-10)8-17(3)7-9(12)11(13,14)15/h9H,4-8H2,1-3H3. The van der Waals surface area contributed by atoms with Gasteiger partial charge in [0.2, 0.25) is 0 Å². The van der Waals surface area contributed by atoms with Gasteiger partial charge in [-0.3, -0.25) is 0 Å². The number of alkyl halides is 4. The molecule has 6 heteroatoms. The lowest BCUT2D eigenvalue weighted by Crippen LogP contribution is -2.57. The van der Waals surface area contributed by atoms with E-state index < -0.39 is 11.0 Å². The average molecular weight is 317 g/mol. The van der Waals surface area contributed by atoms with Crippen molar-refractivity contribution >= 4 is 15.9 Å². The summed E-state index contributed by atoms with van der Waals surface area (Å²) in [7, 11) is 5.76. The Balaban J connectivity index is 2.46.